The number of benzene rings is 1. The fraction of sp³-hybridized carbons (Fsp3) is 0.529. The molecule has 0 aliphatic heterocycles. The minimum absolute atomic E-state index is 0.174. The SMILES string of the molecule is Cc1cc(C)c(NCC(=O)NNC(=S)NCCCN(C)C)c(C)c1. The van der Waals surface area contributed by atoms with Gasteiger partial charge in [0.1, 0.15) is 0 Å². The second-order valence-corrected chi connectivity index (χ2v) is 6.62. The van der Waals surface area contributed by atoms with Crippen molar-refractivity contribution >= 4 is 28.9 Å². The average Bonchev–Trinajstić information content (AvgIpc) is 2.48. The van der Waals surface area contributed by atoms with Gasteiger partial charge in [0.15, 0.2) is 5.11 Å². The molecule has 6 nitrogen and oxygen atoms in total. The summed E-state index contributed by atoms with van der Waals surface area (Å²) in [6.45, 7) is 8.06. The van der Waals surface area contributed by atoms with Gasteiger partial charge in [-0.25, -0.2) is 0 Å². The summed E-state index contributed by atoms with van der Waals surface area (Å²) in [4.78, 5) is 14.0. The molecule has 0 fully saturated rings. The van der Waals surface area contributed by atoms with Crippen molar-refractivity contribution in [3.05, 3.63) is 28.8 Å². The van der Waals surface area contributed by atoms with E-state index >= 15 is 0 Å². The minimum Gasteiger partial charge on any atom is -0.376 e. The van der Waals surface area contributed by atoms with Crippen molar-refractivity contribution in [3.63, 3.8) is 0 Å². The molecule has 1 aromatic carbocycles. The lowest BCUT2D eigenvalue weighted by Crippen LogP contribution is -2.48. The third-order valence-corrected chi connectivity index (χ3v) is 3.73. The molecule has 1 amide bonds. The van der Waals surface area contributed by atoms with Gasteiger partial charge in [-0.05, 0) is 71.2 Å². The van der Waals surface area contributed by atoms with Crippen LogP contribution in [-0.4, -0.2) is 49.6 Å². The summed E-state index contributed by atoms with van der Waals surface area (Å²) in [5.41, 5.74) is 9.78. The minimum atomic E-state index is -0.174. The third-order valence-electron chi connectivity index (χ3n) is 3.49. The van der Waals surface area contributed by atoms with Crippen LogP contribution in [0.2, 0.25) is 0 Å². The Kier molecular flexibility index (Phi) is 8.49. The number of amides is 1. The van der Waals surface area contributed by atoms with Gasteiger partial charge in [0.25, 0.3) is 5.91 Å². The van der Waals surface area contributed by atoms with Crippen LogP contribution < -0.4 is 21.5 Å². The normalized spacial score (nSPS) is 10.4. The molecular weight excluding hydrogens is 322 g/mol. The van der Waals surface area contributed by atoms with E-state index in [0.717, 1.165) is 36.3 Å². The van der Waals surface area contributed by atoms with E-state index in [1.54, 1.807) is 0 Å². The molecule has 0 saturated carbocycles. The molecule has 1 rings (SSSR count). The number of aryl methyl sites for hydroxylation is 3. The molecule has 0 aliphatic rings. The van der Waals surface area contributed by atoms with E-state index in [0.29, 0.717) is 5.11 Å². The molecular formula is C17H29N5OS. The quantitative estimate of drug-likeness (QED) is 0.339. The van der Waals surface area contributed by atoms with Crippen molar-refractivity contribution < 1.29 is 4.79 Å². The van der Waals surface area contributed by atoms with Crippen LogP contribution in [0, 0.1) is 20.8 Å². The Bertz CT molecular complexity index is 551. The van der Waals surface area contributed by atoms with Gasteiger partial charge in [0, 0.05) is 12.2 Å². The summed E-state index contributed by atoms with van der Waals surface area (Å²) >= 11 is 5.11. The standard InChI is InChI=1S/C17H29N5OS/c1-12-9-13(2)16(14(3)10-12)19-11-15(23)20-21-17(24)18-7-6-8-22(4)5/h9-10,19H,6-8,11H2,1-5H3,(H,20,23)(H2,18,21,24). The summed E-state index contributed by atoms with van der Waals surface area (Å²) in [6, 6.07) is 4.19. The Morgan fingerprint density at radius 2 is 1.75 bits per heavy atom. The fourth-order valence-electron chi connectivity index (χ4n) is 2.44. The number of thiocarbonyl (C=S) groups is 1. The van der Waals surface area contributed by atoms with Crippen LogP contribution in [0.4, 0.5) is 5.69 Å². The first kappa shape index (κ1) is 20.2. The zero-order chi connectivity index (χ0) is 18.1. The monoisotopic (exact) mass is 351 g/mol. The molecule has 0 bridgehead atoms. The van der Waals surface area contributed by atoms with Gasteiger partial charge in [-0.15, -0.1) is 0 Å². The van der Waals surface area contributed by atoms with E-state index in [2.05, 4.69) is 45.4 Å². The molecule has 0 aromatic heterocycles. The summed E-state index contributed by atoms with van der Waals surface area (Å²) in [7, 11) is 4.06. The Balaban J connectivity index is 2.28. The summed E-state index contributed by atoms with van der Waals surface area (Å²) in [5.74, 6) is -0.174. The molecule has 1 aromatic rings. The second kappa shape index (κ2) is 10.1. The number of anilines is 1. The number of carbonyl (C=O) groups excluding carboxylic acids is 1. The smallest absolute Gasteiger partial charge is 0.257 e. The maximum atomic E-state index is 11.9. The highest BCUT2D eigenvalue weighted by Crippen LogP contribution is 2.21. The van der Waals surface area contributed by atoms with E-state index in [4.69, 9.17) is 12.2 Å². The van der Waals surface area contributed by atoms with Crippen molar-refractivity contribution in [2.45, 2.75) is 27.2 Å². The van der Waals surface area contributed by atoms with Crippen molar-refractivity contribution in [2.24, 2.45) is 0 Å². The maximum absolute atomic E-state index is 11.9. The van der Waals surface area contributed by atoms with Gasteiger partial charge >= 0.3 is 0 Å². The lowest BCUT2D eigenvalue weighted by molar-refractivity contribution is -0.119. The van der Waals surface area contributed by atoms with Gasteiger partial charge in [-0.3, -0.25) is 15.6 Å². The number of carbonyl (C=O) groups is 1. The van der Waals surface area contributed by atoms with Crippen LogP contribution in [0.15, 0.2) is 12.1 Å². The molecule has 0 unspecified atom stereocenters. The van der Waals surface area contributed by atoms with Gasteiger partial charge in [0.05, 0.1) is 6.54 Å². The van der Waals surface area contributed by atoms with E-state index in [1.807, 2.05) is 27.9 Å². The zero-order valence-electron chi connectivity index (χ0n) is 15.2. The molecule has 0 saturated heterocycles. The van der Waals surface area contributed by atoms with Gasteiger partial charge in [0.2, 0.25) is 0 Å². The number of hydrazine groups is 1. The van der Waals surface area contributed by atoms with Crippen LogP contribution >= 0.6 is 12.2 Å². The molecule has 4 N–H and O–H groups in total. The lowest BCUT2D eigenvalue weighted by Gasteiger charge is -2.15. The Morgan fingerprint density at radius 3 is 2.33 bits per heavy atom. The van der Waals surface area contributed by atoms with Gasteiger partial charge in [-0.1, -0.05) is 17.7 Å². The summed E-state index contributed by atoms with van der Waals surface area (Å²) in [6.07, 6.45) is 0.982. The van der Waals surface area contributed by atoms with Crippen LogP contribution in [0.3, 0.4) is 0 Å². The Labute approximate surface area is 150 Å². The van der Waals surface area contributed by atoms with E-state index in [9.17, 15) is 4.79 Å². The molecule has 0 heterocycles. The zero-order valence-corrected chi connectivity index (χ0v) is 16.1. The third kappa shape index (κ3) is 7.61. The molecule has 24 heavy (non-hydrogen) atoms. The van der Waals surface area contributed by atoms with Crippen molar-refractivity contribution in [1.82, 2.24) is 21.1 Å². The number of rotatable bonds is 7. The van der Waals surface area contributed by atoms with Crippen LogP contribution in [0.5, 0.6) is 0 Å². The molecule has 0 radical (unpaired) electrons. The number of nitrogens with zero attached hydrogens (tertiary/aromatic N) is 1. The molecule has 0 aliphatic carbocycles. The van der Waals surface area contributed by atoms with Crippen molar-refractivity contribution in [2.75, 3.05) is 39.0 Å². The van der Waals surface area contributed by atoms with Crippen molar-refractivity contribution in [1.29, 1.82) is 0 Å². The van der Waals surface area contributed by atoms with E-state index in [1.165, 1.54) is 5.56 Å². The highest BCUT2D eigenvalue weighted by Gasteiger charge is 2.06. The molecule has 7 heteroatoms. The number of nitrogens with one attached hydrogen (secondary N) is 4. The fourth-order valence-corrected chi connectivity index (χ4v) is 2.59. The highest BCUT2D eigenvalue weighted by atomic mass is 32.1. The Hall–Kier alpha value is -1.86. The molecule has 134 valence electrons. The summed E-state index contributed by atoms with van der Waals surface area (Å²) < 4.78 is 0. The van der Waals surface area contributed by atoms with Gasteiger partial charge in [-0.2, -0.15) is 0 Å². The first-order valence-corrected chi connectivity index (χ1v) is 8.49. The number of hydrogen-bond acceptors (Lipinski definition) is 4. The lowest BCUT2D eigenvalue weighted by atomic mass is 10.1. The first-order chi connectivity index (χ1) is 11.3. The largest absolute Gasteiger partial charge is 0.376 e. The topological polar surface area (TPSA) is 68.4 Å². The van der Waals surface area contributed by atoms with Crippen LogP contribution in [-0.2, 0) is 4.79 Å². The predicted octanol–water partition coefficient (Wildman–Crippen LogP) is 1.47. The maximum Gasteiger partial charge on any atom is 0.257 e. The molecule has 0 atom stereocenters. The Morgan fingerprint density at radius 1 is 1.12 bits per heavy atom. The van der Waals surface area contributed by atoms with E-state index < -0.39 is 0 Å². The molecule has 0 spiro atoms. The highest BCUT2D eigenvalue weighted by molar-refractivity contribution is 7.80. The first-order valence-electron chi connectivity index (χ1n) is 8.08. The predicted molar refractivity (Wildman–Crippen MR) is 104 cm³/mol. The average molecular weight is 352 g/mol. The number of hydrogen-bond donors (Lipinski definition) is 4. The van der Waals surface area contributed by atoms with E-state index in [-0.39, 0.29) is 12.5 Å². The second-order valence-electron chi connectivity index (χ2n) is 6.21. The van der Waals surface area contributed by atoms with Crippen molar-refractivity contribution in [3.8, 4) is 0 Å². The van der Waals surface area contributed by atoms with Gasteiger partial charge < -0.3 is 15.5 Å². The van der Waals surface area contributed by atoms with Crippen LogP contribution in [0.1, 0.15) is 23.1 Å². The summed E-state index contributed by atoms with van der Waals surface area (Å²) in [5, 5.41) is 6.65. The van der Waals surface area contributed by atoms with Crippen LogP contribution in [0.25, 0.3) is 0 Å².